The number of anilines is 1. The van der Waals surface area contributed by atoms with E-state index in [4.69, 9.17) is 4.74 Å². The van der Waals surface area contributed by atoms with Gasteiger partial charge in [0.05, 0.1) is 17.2 Å². The number of carbonyl (C=O) groups is 1. The number of fused-ring (bicyclic) bond motifs is 1. The Kier molecular flexibility index (Phi) is 6.30. The summed E-state index contributed by atoms with van der Waals surface area (Å²) in [6.07, 6.45) is 0.296. The fourth-order valence-electron chi connectivity index (χ4n) is 3.89. The van der Waals surface area contributed by atoms with Gasteiger partial charge in [-0.1, -0.05) is 54.1 Å². The molecule has 1 N–H and O–H groups in total. The van der Waals surface area contributed by atoms with E-state index in [0.29, 0.717) is 24.5 Å². The number of amides is 1. The highest BCUT2D eigenvalue weighted by Gasteiger charge is 2.39. The lowest BCUT2D eigenvalue weighted by Gasteiger charge is -2.35. The summed E-state index contributed by atoms with van der Waals surface area (Å²) in [5.41, 5.74) is 3.36. The van der Waals surface area contributed by atoms with E-state index in [9.17, 15) is 13.2 Å². The van der Waals surface area contributed by atoms with Crippen molar-refractivity contribution < 1.29 is 17.9 Å². The average Bonchev–Trinajstić information content (AvgIpc) is 2.80. The summed E-state index contributed by atoms with van der Waals surface area (Å²) in [4.78, 5) is 13.6. The number of nitrogens with one attached hydrogen (secondary N) is 1. The van der Waals surface area contributed by atoms with Gasteiger partial charge < -0.3 is 10.1 Å². The van der Waals surface area contributed by atoms with Gasteiger partial charge in [-0.25, -0.2) is 8.42 Å². The number of rotatable bonds is 6. The van der Waals surface area contributed by atoms with E-state index in [2.05, 4.69) is 5.32 Å². The van der Waals surface area contributed by atoms with Crippen molar-refractivity contribution in [2.45, 2.75) is 37.8 Å². The molecule has 0 spiro atoms. The molecular weight excluding hydrogens is 424 g/mol. The lowest BCUT2D eigenvalue weighted by Crippen LogP contribution is -2.50. The first-order chi connectivity index (χ1) is 15.4. The summed E-state index contributed by atoms with van der Waals surface area (Å²) in [5, 5.41) is 2.89. The van der Waals surface area contributed by atoms with E-state index in [0.717, 1.165) is 16.7 Å². The topological polar surface area (TPSA) is 75.7 Å². The lowest BCUT2D eigenvalue weighted by atomic mass is 9.95. The van der Waals surface area contributed by atoms with E-state index in [1.165, 1.54) is 4.31 Å². The number of aryl methyl sites for hydroxylation is 1. The highest BCUT2D eigenvalue weighted by molar-refractivity contribution is 7.89. The van der Waals surface area contributed by atoms with Crippen LogP contribution in [-0.4, -0.2) is 31.3 Å². The van der Waals surface area contributed by atoms with Crippen LogP contribution >= 0.6 is 0 Å². The molecule has 0 radical (unpaired) electrons. The molecule has 0 bridgehead atoms. The first kappa shape index (κ1) is 22.0. The fraction of sp³-hybridized carbons (Fsp3) is 0.240. The van der Waals surface area contributed by atoms with Gasteiger partial charge in [-0.05, 0) is 55.7 Å². The summed E-state index contributed by atoms with van der Waals surface area (Å²) in [6, 6.07) is 20.6. The molecule has 1 amide bonds. The van der Waals surface area contributed by atoms with Crippen LogP contribution in [0.4, 0.5) is 5.69 Å². The first-order valence-electron chi connectivity index (χ1n) is 10.6. The largest absolute Gasteiger partial charge is 0.492 e. The molecule has 7 heteroatoms. The number of para-hydroxylation sites is 2. The molecule has 1 heterocycles. The van der Waals surface area contributed by atoms with Crippen LogP contribution in [0.5, 0.6) is 5.75 Å². The van der Waals surface area contributed by atoms with Crippen LogP contribution in [0.2, 0.25) is 0 Å². The van der Waals surface area contributed by atoms with Crippen LogP contribution in [0, 0.1) is 6.92 Å². The third-order valence-corrected chi connectivity index (χ3v) is 7.45. The fourth-order valence-corrected chi connectivity index (χ4v) is 5.45. The minimum atomic E-state index is -3.89. The van der Waals surface area contributed by atoms with Crippen molar-refractivity contribution in [3.05, 3.63) is 89.5 Å². The van der Waals surface area contributed by atoms with E-state index in [1.807, 2.05) is 44.2 Å². The van der Waals surface area contributed by atoms with Crippen LogP contribution in [0.15, 0.2) is 77.7 Å². The molecule has 0 saturated carbocycles. The van der Waals surface area contributed by atoms with E-state index in [-0.39, 0.29) is 17.3 Å². The Hall–Kier alpha value is -3.16. The Labute approximate surface area is 188 Å². The zero-order chi connectivity index (χ0) is 22.7. The second kappa shape index (κ2) is 9.14. The Morgan fingerprint density at radius 3 is 2.38 bits per heavy atom. The second-order valence-corrected chi connectivity index (χ2v) is 9.66. The van der Waals surface area contributed by atoms with Gasteiger partial charge in [-0.2, -0.15) is 4.31 Å². The minimum Gasteiger partial charge on any atom is -0.492 e. The van der Waals surface area contributed by atoms with Gasteiger partial charge in [-0.15, -0.1) is 0 Å². The third kappa shape index (κ3) is 4.40. The molecule has 1 aliphatic rings. The maximum Gasteiger partial charge on any atom is 0.244 e. The number of ether oxygens (including phenoxy) is 1. The molecule has 6 nitrogen and oxygen atoms in total. The quantitative estimate of drug-likeness (QED) is 0.612. The van der Waals surface area contributed by atoms with E-state index >= 15 is 0 Å². The van der Waals surface area contributed by atoms with Gasteiger partial charge in [-0.3, -0.25) is 4.79 Å². The van der Waals surface area contributed by atoms with Crippen LogP contribution in [0.3, 0.4) is 0 Å². The van der Waals surface area contributed by atoms with Gasteiger partial charge in [0.25, 0.3) is 0 Å². The normalized spacial score (nSPS) is 16.2. The summed E-state index contributed by atoms with van der Waals surface area (Å²) < 4.78 is 34.0. The molecule has 0 unspecified atom stereocenters. The molecule has 1 atom stereocenters. The standard InChI is InChI=1S/C25H26N2O4S/c1-3-31-24-11-7-6-10-22(24)26-25(28)23-16-19-8-4-5-9-20(19)17-27(23)32(29,30)21-14-12-18(2)13-15-21/h4-15,23H,3,16-17H2,1-2H3,(H,26,28)/t23-/m0/s1. The molecule has 0 fully saturated rings. The van der Waals surface area contributed by atoms with Crippen molar-refractivity contribution in [2.75, 3.05) is 11.9 Å². The van der Waals surface area contributed by atoms with Crippen molar-refractivity contribution >= 4 is 21.6 Å². The third-order valence-electron chi connectivity index (χ3n) is 5.58. The summed E-state index contributed by atoms with van der Waals surface area (Å²) >= 11 is 0. The van der Waals surface area contributed by atoms with Crippen molar-refractivity contribution in [3.63, 3.8) is 0 Å². The second-order valence-electron chi connectivity index (χ2n) is 7.77. The van der Waals surface area contributed by atoms with Crippen molar-refractivity contribution in [3.8, 4) is 5.75 Å². The summed E-state index contributed by atoms with van der Waals surface area (Å²) in [5.74, 6) is 0.162. The molecule has 0 aromatic heterocycles. The Bertz CT molecular complexity index is 1220. The Morgan fingerprint density at radius 1 is 1.00 bits per heavy atom. The lowest BCUT2D eigenvalue weighted by molar-refractivity contribution is -0.120. The van der Waals surface area contributed by atoms with Crippen LogP contribution in [0.25, 0.3) is 0 Å². The molecule has 0 aliphatic carbocycles. The molecule has 3 aromatic carbocycles. The Balaban J connectivity index is 1.71. The van der Waals surface area contributed by atoms with Gasteiger partial charge >= 0.3 is 0 Å². The van der Waals surface area contributed by atoms with Gasteiger partial charge in [0, 0.05) is 6.54 Å². The van der Waals surface area contributed by atoms with Crippen LogP contribution in [0.1, 0.15) is 23.6 Å². The zero-order valence-corrected chi connectivity index (χ0v) is 18.9. The first-order valence-corrected chi connectivity index (χ1v) is 12.0. The number of sulfonamides is 1. The predicted octanol–water partition coefficient (Wildman–Crippen LogP) is 4.15. The summed E-state index contributed by atoms with van der Waals surface area (Å²) in [6.45, 7) is 4.36. The number of benzene rings is 3. The zero-order valence-electron chi connectivity index (χ0n) is 18.1. The highest BCUT2D eigenvalue weighted by Crippen LogP contribution is 2.31. The Morgan fingerprint density at radius 2 is 1.66 bits per heavy atom. The van der Waals surface area contributed by atoms with Crippen LogP contribution in [-0.2, 0) is 27.8 Å². The van der Waals surface area contributed by atoms with E-state index < -0.39 is 16.1 Å². The minimum absolute atomic E-state index is 0.136. The number of hydrogen-bond donors (Lipinski definition) is 1. The van der Waals surface area contributed by atoms with Gasteiger partial charge in [0.15, 0.2) is 0 Å². The van der Waals surface area contributed by atoms with Gasteiger partial charge in [0.1, 0.15) is 11.8 Å². The van der Waals surface area contributed by atoms with Crippen molar-refractivity contribution in [2.24, 2.45) is 0 Å². The number of hydrogen-bond acceptors (Lipinski definition) is 4. The van der Waals surface area contributed by atoms with E-state index in [1.54, 1.807) is 42.5 Å². The molecular formula is C25H26N2O4S. The maximum atomic E-state index is 13.6. The van der Waals surface area contributed by atoms with Gasteiger partial charge in [0.2, 0.25) is 15.9 Å². The molecule has 0 saturated heterocycles. The monoisotopic (exact) mass is 450 g/mol. The number of carbonyl (C=O) groups excluding carboxylic acids is 1. The molecule has 4 rings (SSSR count). The molecule has 3 aromatic rings. The smallest absolute Gasteiger partial charge is 0.244 e. The molecule has 1 aliphatic heterocycles. The van der Waals surface area contributed by atoms with Crippen molar-refractivity contribution in [1.29, 1.82) is 0 Å². The SMILES string of the molecule is CCOc1ccccc1NC(=O)[C@@H]1Cc2ccccc2CN1S(=O)(=O)c1ccc(C)cc1. The maximum absolute atomic E-state index is 13.6. The average molecular weight is 451 g/mol. The van der Waals surface area contributed by atoms with Crippen molar-refractivity contribution in [1.82, 2.24) is 4.31 Å². The predicted molar refractivity (Wildman–Crippen MR) is 124 cm³/mol. The van der Waals surface area contributed by atoms with Crippen LogP contribution < -0.4 is 10.1 Å². The molecule has 32 heavy (non-hydrogen) atoms. The molecule has 166 valence electrons. The highest BCUT2D eigenvalue weighted by atomic mass is 32.2. The summed E-state index contributed by atoms with van der Waals surface area (Å²) in [7, 11) is -3.89. The number of nitrogens with zero attached hydrogens (tertiary/aromatic N) is 1.